The zero-order valence-corrected chi connectivity index (χ0v) is 7.87. The number of carbonyl (C=O) groups is 1. The molecule has 0 unspecified atom stereocenters. The van der Waals surface area contributed by atoms with Gasteiger partial charge >= 0.3 is 5.97 Å². The van der Waals surface area contributed by atoms with Crippen LogP contribution >= 0.6 is 11.6 Å². The van der Waals surface area contributed by atoms with E-state index in [0.29, 0.717) is 0 Å². The molecule has 76 valence electrons. The molecule has 1 aromatic carbocycles. The highest BCUT2D eigenvalue weighted by molar-refractivity contribution is 6.35. The summed E-state index contributed by atoms with van der Waals surface area (Å²) >= 11 is 5.52. The summed E-state index contributed by atoms with van der Waals surface area (Å²) in [4.78, 5) is 11.0. The van der Waals surface area contributed by atoms with Crippen molar-refractivity contribution in [2.75, 3.05) is 7.11 Å². The molecule has 5 nitrogen and oxygen atoms in total. The summed E-state index contributed by atoms with van der Waals surface area (Å²) in [7, 11) is 1.12. The first-order valence-electron chi connectivity index (χ1n) is 3.50. The molecule has 1 aromatic rings. The summed E-state index contributed by atoms with van der Waals surface area (Å²) in [6.45, 7) is 0. The van der Waals surface area contributed by atoms with E-state index in [-0.39, 0.29) is 10.6 Å². The van der Waals surface area contributed by atoms with Crippen LogP contribution in [0.15, 0.2) is 6.07 Å². The summed E-state index contributed by atoms with van der Waals surface area (Å²) in [5.74, 6) is -3.00. The van der Waals surface area contributed by atoms with Crippen molar-refractivity contribution in [2.45, 2.75) is 0 Å². The SMILES string of the molecule is COC(=O)c1cc(O)c(O)c(O)c1Cl. The van der Waals surface area contributed by atoms with Gasteiger partial charge in [-0.25, -0.2) is 4.79 Å². The van der Waals surface area contributed by atoms with Crippen molar-refractivity contribution < 1.29 is 24.9 Å². The summed E-state index contributed by atoms with van der Waals surface area (Å²) in [5, 5.41) is 26.9. The Morgan fingerprint density at radius 3 is 2.43 bits per heavy atom. The normalized spacial score (nSPS) is 9.86. The second-order valence-corrected chi connectivity index (χ2v) is 2.82. The number of phenols is 3. The van der Waals surface area contributed by atoms with Crippen LogP contribution in [0.25, 0.3) is 0 Å². The lowest BCUT2D eigenvalue weighted by atomic mass is 10.2. The molecule has 0 saturated heterocycles. The van der Waals surface area contributed by atoms with Crippen molar-refractivity contribution in [1.29, 1.82) is 0 Å². The Balaban J connectivity index is 3.40. The number of ether oxygens (including phenoxy) is 1. The van der Waals surface area contributed by atoms with E-state index in [4.69, 9.17) is 26.9 Å². The quantitative estimate of drug-likeness (QED) is 0.488. The molecular formula is C8H7ClO5. The fraction of sp³-hybridized carbons (Fsp3) is 0.125. The summed E-state index contributed by atoms with van der Waals surface area (Å²) in [6, 6.07) is 0.906. The molecule has 3 N–H and O–H groups in total. The van der Waals surface area contributed by atoms with Crippen molar-refractivity contribution in [1.82, 2.24) is 0 Å². The second-order valence-electron chi connectivity index (χ2n) is 2.45. The molecule has 0 saturated carbocycles. The van der Waals surface area contributed by atoms with E-state index in [1.54, 1.807) is 0 Å². The van der Waals surface area contributed by atoms with Gasteiger partial charge in [-0.3, -0.25) is 0 Å². The molecule has 0 spiro atoms. The number of hydrogen-bond acceptors (Lipinski definition) is 5. The molecule has 0 aliphatic carbocycles. The maximum absolute atomic E-state index is 11.0. The predicted octanol–water partition coefficient (Wildman–Crippen LogP) is 1.24. The van der Waals surface area contributed by atoms with E-state index in [2.05, 4.69) is 4.74 Å². The third kappa shape index (κ3) is 1.54. The largest absolute Gasteiger partial charge is 0.504 e. The molecule has 0 radical (unpaired) electrons. The molecule has 0 fully saturated rings. The van der Waals surface area contributed by atoms with Crippen molar-refractivity contribution in [3.05, 3.63) is 16.7 Å². The summed E-state index contributed by atoms with van der Waals surface area (Å²) in [5.41, 5.74) is -0.220. The van der Waals surface area contributed by atoms with E-state index in [1.165, 1.54) is 0 Å². The molecule has 0 atom stereocenters. The fourth-order valence-corrected chi connectivity index (χ4v) is 1.10. The average Bonchev–Trinajstić information content (AvgIpc) is 2.19. The van der Waals surface area contributed by atoms with Crippen LogP contribution in [0.4, 0.5) is 0 Å². The lowest BCUT2D eigenvalue weighted by Gasteiger charge is -2.07. The van der Waals surface area contributed by atoms with Gasteiger partial charge in [0.15, 0.2) is 11.5 Å². The number of methoxy groups -OCH3 is 1. The molecule has 0 aliphatic heterocycles. The predicted molar refractivity (Wildman–Crippen MR) is 47.8 cm³/mol. The molecule has 6 heteroatoms. The van der Waals surface area contributed by atoms with Crippen LogP contribution < -0.4 is 0 Å². The molecule has 0 heterocycles. The minimum absolute atomic E-state index is 0.220. The van der Waals surface area contributed by atoms with Gasteiger partial charge in [0.05, 0.1) is 12.7 Å². The Morgan fingerprint density at radius 1 is 1.36 bits per heavy atom. The number of hydrogen-bond donors (Lipinski definition) is 3. The topological polar surface area (TPSA) is 87.0 Å². The monoisotopic (exact) mass is 218 g/mol. The van der Waals surface area contributed by atoms with Crippen LogP contribution in [-0.4, -0.2) is 28.4 Å². The van der Waals surface area contributed by atoms with E-state index in [1.807, 2.05) is 0 Å². The number of benzene rings is 1. The number of halogens is 1. The van der Waals surface area contributed by atoms with Gasteiger partial charge in [0.1, 0.15) is 5.02 Å². The molecule has 0 bridgehead atoms. The smallest absolute Gasteiger partial charge is 0.339 e. The van der Waals surface area contributed by atoms with Crippen LogP contribution in [-0.2, 0) is 4.74 Å². The number of phenolic OH excluding ortho intramolecular Hbond substituents is 3. The first-order valence-corrected chi connectivity index (χ1v) is 3.88. The standard InChI is InChI=1S/C8H7ClO5/c1-14-8(13)3-2-4(10)6(11)7(12)5(3)9/h2,10-12H,1H3. The molecule has 1 rings (SSSR count). The van der Waals surface area contributed by atoms with E-state index < -0.39 is 23.2 Å². The van der Waals surface area contributed by atoms with Gasteiger partial charge in [-0.05, 0) is 0 Å². The number of esters is 1. The fourth-order valence-electron chi connectivity index (χ4n) is 0.880. The molecule has 0 amide bonds. The van der Waals surface area contributed by atoms with Crippen molar-refractivity contribution >= 4 is 17.6 Å². The van der Waals surface area contributed by atoms with Crippen molar-refractivity contribution in [2.24, 2.45) is 0 Å². The second kappa shape index (κ2) is 3.63. The maximum atomic E-state index is 11.0. The van der Waals surface area contributed by atoms with Gasteiger partial charge in [0, 0.05) is 6.07 Å². The third-order valence-corrected chi connectivity index (χ3v) is 1.98. The highest BCUT2D eigenvalue weighted by Gasteiger charge is 2.20. The Kier molecular flexibility index (Phi) is 2.71. The minimum Gasteiger partial charge on any atom is -0.504 e. The highest BCUT2D eigenvalue weighted by atomic mass is 35.5. The van der Waals surface area contributed by atoms with Crippen LogP contribution in [0.5, 0.6) is 17.2 Å². The van der Waals surface area contributed by atoms with Crippen LogP contribution in [0.2, 0.25) is 5.02 Å². The number of rotatable bonds is 1. The summed E-state index contributed by atoms with van der Waals surface area (Å²) in [6.07, 6.45) is 0. The van der Waals surface area contributed by atoms with Crippen LogP contribution in [0.3, 0.4) is 0 Å². The average molecular weight is 219 g/mol. The van der Waals surface area contributed by atoms with Gasteiger partial charge in [-0.15, -0.1) is 0 Å². The first-order chi connectivity index (χ1) is 6.49. The lowest BCUT2D eigenvalue weighted by Crippen LogP contribution is -2.02. The van der Waals surface area contributed by atoms with Gasteiger partial charge in [0.2, 0.25) is 5.75 Å². The minimum atomic E-state index is -0.819. The summed E-state index contributed by atoms with van der Waals surface area (Å²) < 4.78 is 4.34. The van der Waals surface area contributed by atoms with Gasteiger partial charge in [-0.1, -0.05) is 11.6 Å². The third-order valence-electron chi connectivity index (χ3n) is 1.60. The Bertz CT molecular complexity index is 388. The van der Waals surface area contributed by atoms with E-state index >= 15 is 0 Å². The Labute approximate surface area is 84.1 Å². The van der Waals surface area contributed by atoms with Gasteiger partial charge in [0.25, 0.3) is 0 Å². The maximum Gasteiger partial charge on any atom is 0.339 e. The zero-order chi connectivity index (χ0) is 10.9. The van der Waals surface area contributed by atoms with Gasteiger partial charge < -0.3 is 20.1 Å². The molecule has 0 aliphatic rings. The highest BCUT2D eigenvalue weighted by Crippen LogP contribution is 2.42. The molecular weight excluding hydrogens is 212 g/mol. The van der Waals surface area contributed by atoms with Crippen molar-refractivity contribution in [3.63, 3.8) is 0 Å². The van der Waals surface area contributed by atoms with E-state index in [9.17, 15) is 4.79 Å². The number of carbonyl (C=O) groups excluding carboxylic acids is 1. The molecule has 14 heavy (non-hydrogen) atoms. The van der Waals surface area contributed by atoms with Crippen molar-refractivity contribution in [3.8, 4) is 17.2 Å². The first kappa shape index (κ1) is 10.5. The van der Waals surface area contributed by atoms with Crippen LogP contribution in [0, 0.1) is 0 Å². The Hall–Kier alpha value is -1.62. The molecule has 0 aromatic heterocycles. The van der Waals surface area contributed by atoms with Gasteiger partial charge in [-0.2, -0.15) is 0 Å². The van der Waals surface area contributed by atoms with Crippen LogP contribution in [0.1, 0.15) is 10.4 Å². The number of aromatic hydroxyl groups is 3. The zero-order valence-electron chi connectivity index (χ0n) is 7.11. The lowest BCUT2D eigenvalue weighted by molar-refractivity contribution is 0.0600. The Morgan fingerprint density at radius 2 is 1.93 bits per heavy atom. The van der Waals surface area contributed by atoms with E-state index in [0.717, 1.165) is 13.2 Å².